The predicted octanol–water partition coefficient (Wildman–Crippen LogP) is 2.55. The first kappa shape index (κ1) is 26.2. The Morgan fingerprint density at radius 1 is 1.37 bits per heavy atom. The molecule has 10 nitrogen and oxygen atoms in total. The van der Waals surface area contributed by atoms with E-state index in [1.54, 1.807) is 0 Å². The number of nitrogens with one attached hydrogen (secondary N) is 1. The lowest BCUT2D eigenvalue weighted by molar-refractivity contribution is -0.213. The van der Waals surface area contributed by atoms with Gasteiger partial charge >= 0.3 is 11.7 Å². The molecule has 0 saturated carbocycles. The van der Waals surface area contributed by atoms with Crippen LogP contribution in [0.5, 0.6) is 0 Å². The predicted molar refractivity (Wildman–Crippen MR) is 111 cm³/mol. The van der Waals surface area contributed by atoms with Crippen LogP contribution in [0.1, 0.15) is 60.1 Å². The average molecular weight is 450 g/mol. The van der Waals surface area contributed by atoms with Gasteiger partial charge in [0, 0.05) is 12.6 Å². The van der Waals surface area contributed by atoms with E-state index in [9.17, 15) is 14.2 Å². The molecule has 12 heteroatoms. The number of carbonyl (C=O) groups excluding carboxylic acids is 1. The molecule has 1 aromatic heterocycles. The monoisotopic (exact) mass is 450 g/mol. The summed E-state index contributed by atoms with van der Waals surface area (Å²) in [7, 11) is -2.96. The fourth-order valence-corrected chi connectivity index (χ4v) is 3.36. The average Bonchev–Trinajstić information content (AvgIpc) is 2.70. The third-order valence-corrected chi connectivity index (χ3v) is 5.53. The lowest BCUT2D eigenvalue weighted by atomic mass is 10.2. The molecule has 0 radical (unpaired) electrons. The highest BCUT2D eigenvalue weighted by Gasteiger charge is 2.33. The zero-order chi connectivity index (χ0) is 22.9. The zero-order valence-corrected chi connectivity index (χ0v) is 19.0. The summed E-state index contributed by atoms with van der Waals surface area (Å²) >= 11 is 0. The Morgan fingerprint density at radius 3 is 2.53 bits per heavy atom. The molecular formula is C18H32FN4O6P. The number of halogens is 1. The van der Waals surface area contributed by atoms with Gasteiger partial charge in [0.25, 0.3) is 8.18 Å². The molecule has 0 amide bonds. The molecule has 0 bridgehead atoms. The molecule has 0 fully saturated rings. The van der Waals surface area contributed by atoms with Crippen LogP contribution in [-0.4, -0.2) is 40.1 Å². The molecule has 0 aliphatic rings. The van der Waals surface area contributed by atoms with Crippen LogP contribution >= 0.6 is 8.18 Å². The highest BCUT2D eigenvalue weighted by Crippen LogP contribution is 2.29. The molecular weight excluding hydrogens is 418 g/mol. The Hall–Kier alpha value is -1.81. The second-order valence-corrected chi connectivity index (χ2v) is 7.97. The van der Waals surface area contributed by atoms with E-state index in [0.717, 1.165) is 4.57 Å². The molecule has 30 heavy (non-hydrogen) atoms. The number of nitrogens with two attached hydrogens (primary N) is 1. The molecule has 1 rings (SSSR count). The number of hydrogen-bond acceptors (Lipinski definition) is 8. The quantitative estimate of drug-likeness (QED) is 0.343. The molecule has 0 spiro atoms. The van der Waals surface area contributed by atoms with Gasteiger partial charge in [0.1, 0.15) is 30.8 Å². The highest BCUT2D eigenvalue weighted by atomic mass is 31.1. The third-order valence-electron chi connectivity index (χ3n) is 4.45. The smallest absolute Gasteiger partial charge is 0.351 e. The topological polar surface area (TPSA) is 135 Å². The number of rotatable bonds is 13. The Balaban J connectivity index is 2.63. The number of nitrogen functional groups attached to an aromatic ring is 1. The first-order valence-corrected chi connectivity index (χ1v) is 11.2. The summed E-state index contributed by atoms with van der Waals surface area (Å²) in [5.74, 6) is -2.84. The van der Waals surface area contributed by atoms with Crippen molar-refractivity contribution in [3.8, 4) is 0 Å². The minimum absolute atomic E-state index is 0.0373. The summed E-state index contributed by atoms with van der Waals surface area (Å²) in [6, 6.07) is 0.501. The molecule has 0 aliphatic heterocycles. The minimum atomic E-state index is -2.96. The van der Waals surface area contributed by atoms with Gasteiger partial charge in [-0.05, 0) is 32.8 Å². The second-order valence-electron chi connectivity index (χ2n) is 6.81. The summed E-state index contributed by atoms with van der Waals surface area (Å²) in [5, 5.41) is 2.48. The number of carbonyl (C=O) groups is 1. The SMILES string of the molecule is CCC(CC)OC(=O)[C@H](C)N[PH](=O)OC[C@](F)(CC)O[C@H](C)n1ccc(N)nc1=O. The van der Waals surface area contributed by atoms with Crippen LogP contribution in [-0.2, 0) is 23.4 Å². The van der Waals surface area contributed by atoms with Gasteiger partial charge in [-0.15, -0.1) is 0 Å². The zero-order valence-electron chi connectivity index (χ0n) is 18.0. The summed E-state index contributed by atoms with van der Waals surface area (Å²) in [6.07, 6.45) is 1.32. The van der Waals surface area contributed by atoms with Crippen molar-refractivity contribution in [2.24, 2.45) is 0 Å². The van der Waals surface area contributed by atoms with E-state index in [1.165, 1.54) is 33.0 Å². The van der Waals surface area contributed by atoms with Crippen LogP contribution < -0.4 is 16.5 Å². The van der Waals surface area contributed by atoms with Crippen molar-refractivity contribution in [3.05, 3.63) is 22.7 Å². The minimum Gasteiger partial charge on any atom is -0.461 e. The fourth-order valence-electron chi connectivity index (χ4n) is 2.46. The van der Waals surface area contributed by atoms with Crippen LogP contribution in [0.4, 0.5) is 10.2 Å². The van der Waals surface area contributed by atoms with E-state index in [4.69, 9.17) is 19.7 Å². The molecule has 0 saturated heterocycles. The van der Waals surface area contributed by atoms with Gasteiger partial charge in [0.2, 0.25) is 5.85 Å². The highest BCUT2D eigenvalue weighted by molar-refractivity contribution is 7.36. The number of esters is 1. The number of hydrogen-bond donors (Lipinski definition) is 2. The van der Waals surface area contributed by atoms with Crippen LogP contribution in [0.25, 0.3) is 0 Å². The van der Waals surface area contributed by atoms with E-state index < -0.39 is 44.6 Å². The van der Waals surface area contributed by atoms with E-state index >= 15 is 4.39 Å². The molecule has 0 aromatic carbocycles. The molecule has 1 heterocycles. The Morgan fingerprint density at radius 2 is 2.00 bits per heavy atom. The van der Waals surface area contributed by atoms with E-state index in [0.29, 0.717) is 12.8 Å². The second kappa shape index (κ2) is 12.1. The third kappa shape index (κ3) is 8.14. The van der Waals surface area contributed by atoms with Gasteiger partial charge in [-0.25, -0.2) is 14.3 Å². The Kier molecular flexibility index (Phi) is 10.6. The number of alkyl halides is 1. The largest absolute Gasteiger partial charge is 0.461 e. The van der Waals surface area contributed by atoms with Crippen LogP contribution in [0.15, 0.2) is 17.1 Å². The number of nitrogens with zero attached hydrogens (tertiary/aromatic N) is 2. The first-order valence-electron chi connectivity index (χ1n) is 9.90. The van der Waals surface area contributed by atoms with Gasteiger partial charge in [0.05, 0.1) is 0 Å². The van der Waals surface area contributed by atoms with Crippen molar-refractivity contribution < 1.29 is 27.7 Å². The lowest BCUT2D eigenvalue weighted by Gasteiger charge is -2.28. The van der Waals surface area contributed by atoms with Crippen LogP contribution in [0.2, 0.25) is 0 Å². The standard InChI is InChI=1S/C18H32FN4O6P/c1-6-14(7-2)28-16(24)12(4)22-30(26)27-11-18(19,8-3)29-13(5)23-10-9-15(20)21-17(23)25/h9-10,12-14,30H,6-8,11H2,1-5H3,(H,22,26)(H2,20,21,25)/t12-,13+,18-/m0/s1. The number of ether oxygens (including phenoxy) is 2. The first-order chi connectivity index (χ1) is 14.0. The van der Waals surface area contributed by atoms with Gasteiger partial charge in [-0.1, -0.05) is 20.8 Å². The molecule has 1 aromatic rings. The molecule has 4 atom stereocenters. The van der Waals surface area contributed by atoms with Crippen molar-refractivity contribution in [2.75, 3.05) is 12.3 Å². The summed E-state index contributed by atoms with van der Waals surface area (Å²) < 4.78 is 43.9. The Bertz CT molecular complexity index is 775. The van der Waals surface area contributed by atoms with E-state index in [-0.39, 0.29) is 18.3 Å². The van der Waals surface area contributed by atoms with Gasteiger partial charge in [-0.3, -0.25) is 13.9 Å². The Labute approximate surface area is 176 Å². The van der Waals surface area contributed by atoms with Gasteiger partial charge in [0.15, 0.2) is 0 Å². The summed E-state index contributed by atoms with van der Waals surface area (Å²) in [6.45, 7) is 7.59. The van der Waals surface area contributed by atoms with Crippen molar-refractivity contribution in [1.82, 2.24) is 14.6 Å². The molecule has 3 N–H and O–H groups in total. The maximum Gasteiger partial charge on any atom is 0.351 e. The normalized spacial score (nSPS) is 16.6. The summed E-state index contributed by atoms with van der Waals surface area (Å²) in [4.78, 5) is 27.4. The fraction of sp³-hybridized carbons (Fsp3) is 0.722. The van der Waals surface area contributed by atoms with Crippen molar-refractivity contribution >= 4 is 20.0 Å². The van der Waals surface area contributed by atoms with Gasteiger partial charge < -0.3 is 19.7 Å². The van der Waals surface area contributed by atoms with E-state index in [2.05, 4.69) is 10.1 Å². The summed E-state index contributed by atoms with van der Waals surface area (Å²) in [5.41, 5.74) is 4.74. The number of anilines is 1. The van der Waals surface area contributed by atoms with Crippen LogP contribution in [0, 0.1) is 0 Å². The maximum atomic E-state index is 15.0. The molecule has 0 aliphatic carbocycles. The molecule has 1 unspecified atom stereocenters. The maximum absolute atomic E-state index is 15.0. The lowest BCUT2D eigenvalue weighted by Crippen LogP contribution is -2.38. The van der Waals surface area contributed by atoms with Crippen molar-refractivity contribution in [1.29, 1.82) is 0 Å². The van der Waals surface area contributed by atoms with Crippen molar-refractivity contribution in [3.63, 3.8) is 0 Å². The number of aromatic nitrogens is 2. The van der Waals surface area contributed by atoms with Gasteiger partial charge in [-0.2, -0.15) is 4.98 Å². The van der Waals surface area contributed by atoms with Crippen LogP contribution in [0.3, 0.4) is 0 Å². The van der Waals surface area contributed by atoms with E-state index in [1.807, 2.05) is 13.8 Å². The van der Waals surface area contributed by atoms with Crippen molar-refractivity contribution in [2.45, 2.75) is 78.1 Å². The molecule has 172 valence electrons.